The molecule has 0 radical (unpaired) electrons. The molecule has 0 bridgehead atoms. The molecule has 1 aromatic rings. The quantitative estimate of drug-likeness (QED) is 0.212. The lowest BCUT2D eigenvalue weighted by atomic mass is 10.0. The highest BCUT2D eigenvalue weighted by Gasteiger charge is 2.45. The Morgan fingerprint density at radius 2 is 2.08 bits per heavy atom. The lowest BCUT2D eigenvalue weighted by molar-refractivity contribution is -0.136. The molecule has 1 saturated heterocycles. The molecule has 1 aromatic carbocycles. The molecule has 2 aliphatic rings. The van der Waals surface area contributed by atoms with Crippen LogP contribution in [0.3, 0.4) is 0 Å². The summed E-state index contributed by atoms with van der Waals surface area (Å²) in [4.78, 5) is 52.9. The first-order valence-corrected chi connectivity index (χ1v) is 8.51. The Morgan fingerprint density at radius 3 is 2.80 bits per heavy atom. The third kappa shape index (κ3) is 3.09. The van der Waals surface area contributed by atoms with Gasteiger partial charge in [0.15, 0.2) is 0 Å². The van der Waals surface area contributed by atoms with E-state index in [-0.39, 0.29) is 30.5 Å². The molecule has 25 heavy (non-hydrogen) atoms. The molecular formula is C15H13N5O4S. The number of rotatable bonds is 5. The monoisotopic (exact) mass is 359 g/mol. The van der Waals surface area contributed by atoms with Crippen molar-refractivity contribution in [3.63, 3.8) is 0 Å². The number of azide groups is 1. The second kappa shape index (κ2) is 6.96. The van der Waals surface area contributed by atoms with E-state index in [0.29, 0.717) is 10.6 Å². The molecule has 2 aliphatic heterocycles. The van der Waals surface area contributed by atoms with Crippen LogP contribution in [-0.2, 0) is 9.59 Å². The van der Waals surface area contributed by atoms with Crippen molar-refractivity contribution in [1.82, 2.24) is 10.2 Å². The first-order valence-electron chi connectivity index (χ1n) is 7.53. The summed E-state index contributed by atoms with van der Waals surface area (Å²) >= 11 is 1.30. The van der Waals surface area contributed by atoms with Crippen LogP contribution in [0.5, 0.6) is 0 Å². The van der Waals surface area contributed by atoms with Crippen molar-refractivity contribution in [2.75, 3.05) is 12.3 Å². The van der Waals surface area contributed by atoms with E-state index in [1.807, 2.05) is 0 Å². The van der Waals surface area contributed by atoms with Crippen LogP contribution >= 0.6 is 11.8 Å². The first kappa shape index (κ1) is 17.0. The Labute approximate surface area is 146 Å². The van der Waals surface area contributed by atoms with Crippen molar-refractivity contribution >= 4 is 35.4 Å². The molecule has 10 heteroatoms. The Balaban J connectivity index is 1.87. The summed E-state index contributed by atoms with van der Waals surface area (Å²) in [6.45, 7) is 0.254. The highest BCUT2D eigenvalue weighted by Crippen LogP contribution is 2.34. The van der Waals surface area contributed by atoms with Crippen LogP contribution in [0, 0.1) is 0 Å². The molecule has 1 fully saturated rings. The van der Waals surface area contributed by atoms with Gasteiger partial charge in [0.1, 0.15) is 6.04 Å². The summed E-state index contributed by atoms with van der Waals surface area (Å²) in [5, 5.41) is 5.59. The molecule has 1 atom stereocenters. The maximum atomic E-state index is 12.8. The van der Waals surface area contributed by atoms with E-state index in [9.17, 15) is 19.2 Å². The molecule has 128 valence electrons. The number of imide groups is 2. The van der Waals surface area contributed by atoms with Crippen molar-refractivity contribution in [3.8, 4) is 0 Å². The van der Waals surface area contributed by atoms with Gasteiger partial charge in [0.05, 0.1) is 11.1 Å². The van der Waals surface area contributed by atoms with Gasteiger partial charge in [0.2, 0.25) is 11.8 Å². The third-order valence-electron chi connectivity index (χ3n) is 3.94. The SMILES string of the molecule is [N-]=[N+]=NCCSc1cccc2c1C(=O)N(C1CCC(=O)NC1=O)C2=O. The van der Waals surface area contributed by atoms with Crippen molar-refractivity contribution < 1.29 is 19.2 Å². The van der Waals surface area contributed by atoms with Gasteiger partial charge in [-0.1, -0.05) is 11.2 Å². The van der Waals surface area contributed by atoms with Crippen molar-refractivity contribution in [2.24, 2.45) is 5.11 Å². The molecule has 2 heterocycles. The van der Waals surface area contributed by atoms with Gasteiger partial charge in [-0.05, 0) is 24.1 Å². The highest BCUT2D eigenvalue weighted by atomic mass is 32.2. The Hall–Kier alpha value is -2.84. The lowest BCUT2D eigenvalue weighted by Gasteiger charge is -2.27. The van der Waals surface area contributed by atoms with Crippen LogP contribution in [0.2, 0.25) is 0 Å². The highest BCUT2D eigenvalue weighted by molar-refractivity contribution is 7.99. The lowest BCUT2D eigenvalue weighted by Crippen LogP contribution is -2.54. The molecule has 0 aromatic heterocycles. The number of nitrogens with one attached hydrogen (secondary N) is 1. The van der Waals surface area contributed by atoms with E-state index in [2.05, 4.69) is 15.3 Å². The predicted molar refractivity (Wildman–Crippen MR) is 87.9 cm³/mol. The fraction of sp³-hybridized carbons (Fsp3) is 0.333. The van der Waals surface area contributed by atoms with E-state index < -0.39 is 29.7 Å². The summed E-state index contributed by atoms with van der Waals surface area (Å²) in [5.74, 6) is -1.66. The minimum Gasteiger partial charge on any atom is -0.295 e. The number of piperidine rings is 1. The van der Waals surface area contributed by atoms with Gasteiger partial charge in [0.25, 0.3) is 11.8 Å². The molecule has 1 N–H and O–H groups in total. The van der Waals surface area contributed by atoms with Gasteiger partial charge in [-0.2, -0.15) is 0 Å². The van der Waals surface area contributed by atoms with Gasteiger partial charge >= 0.3 is 0 Å². The number of carbonyl (C=O) groups is 4. The zero-order chi connectivity index (χ0) is 18.0. The van der Waals surface area contributed by atoms with Gasteiger partial charge in [-0.25, -0.2) is 0 Å². The Morgan fingerprint density at radius 1 is 1.28 bits per heavy atom. The average molecular weight is 359 g/mol. The predicted octanol–water partition coefficient (Wildman–Crippen LogP) is 1.49. The topological polar surface area (TPSA) is 132 Å². The number of benzene rings is 1. The average Bonchev–Trinajstić information content (AvgIpc) is 2.84. The van der Waals surface area contributed by atoms with Crippen LogP contribution in [0.25, 0.3) is 10.4 Å². The number of nitrogens with zero attached hydrogens (tertiary/aromatic N) is 4. The standard InChI is InChI=1S/C15H13N5O4S/c16-19-17-6-7-25-10-3-1-2-8-12(10)15(24)20(14(8)23)9-4-5-11(21)18-13(9)22/h1-3,9H,4-7H2,(H,18,21,22). The second-order valence-corrected chi connectivity index (χ2v) is 6.57. The zero-order valence-corrected chi connectivity index (χ0v) is 13.8. The van der Waals surface area contributed by atoms with E-state index in [4.69, 9.17) is 5.53 Å². The minimum absolute atomic E-state index is 0.0809. The van der Waals surface area contributed by atoms with Gasteiger partial charge < -0.3 is 0 Å². The summed E-state index contributed by atoms with van der Waals surface area (Å²) in [6, 6.07) is 3.93. The molecule has 4 amide bonds. The fourth-order valence-electron chi connectivity index (χ4n) is 2.85. The first-order chi connectivity index (χ1) is 12.0. The summed E-state index contributed by atoms with van der Waals surface area (Å²) < 4.78 is 0. The largest absolute Gasteiger partial charge is 0.295 e. The van der Waals surface area contributed by atoms with Gasteiger partial charge in [-0.15, -0.1) is 11.8 Å². The number of carbonyl (C=O) groups excluding carboxylic acids is 4. The Kier molecular flexibility index (Phi) is 4.73. The number of amides is 4. The van der Waals surface area contributed by atoms with Crippen molar-refractivity contribution in [3.05, 3.63) is 39.8 Å². The van der Waals surface area contributed by atoms with Crippen molar-refractivity contribution in [1.29, 1.82) is 0 Å². The minimum atomic E-state index is -0.980. The number of fused-ring (bicyclic) bond motifs is 1. The van der Waals surface area contributed by atoms with Crippen LogP contribution in [0.1, 0.15) is 33.6 Å². The fourth-order valence-corrected chi connectivity index (χ4v) is 3.75. The number of hydrogen-bond donors (Lipinski definition) is 1. The second-order valence-electron chi connectivity index (χ2n) is 5.43. The summed E-state index contributed by atoms with van der Waals surface area (Å²) in [7, 11) is 0. The number of hydrogen-bond acceptors (Lipinski definition) is 6. The number of thioether (sulfide) groups is 1. The van der Waals surface area contributed by atoms with Gasteiger partial charge in [-0.3, -0.25) is 29.4 Å². The maximum Gasteiger partial charge on any atom is 0.263 e. The van der Waals surface area contributed by atoms with Gasteiger partial charge in [0, 0.05) is 28.5 Å². The third-order valence-corrected chi connectivity index (χ3v) is 4.98. The molecule has 0 saturated carbocycles. The normalized spacial score (nSPS) is 19.5. The molecule has 0 aliphatic carbocycles. The zero-order valence-electron chi connectivity index (χ0n) is 13.0. The van der Waals surface area contributed by atoms with Crippen LogP contribution in [0.15, 0.2) is 28.2 Å². The summed E-state index contributed by atoms with van der Waals surface area (Å²) in [6.07, 6.45) is 0.201. The van der Waals surface area contributed by atoms with E-state index in [1.165, 1.54) is 11.8 Å². The molecular weight excluding hydrogens is 346 g/mol. The van der Waals surface area contributed by atoms with Crippen LogP contribution in [-0.4, -0.2) is 46.9 Å². The van der Waals surface area contributed by atoms with Crippen LogP contribution in [0.4, 0.5) is 0 Å². The smallest absolute Gasteiger partial charge is 0.263 e. The molecule has 1 unspecified atom stereocenters. The Bertz CT molecular complexity index is 833. The molecule has 0 spiro atoms. The van der Waals surface area contributed by atoms with E-state index in [0.717, 1.165) is 4.90 Å². The van der Waals surface area contributed by atoms with Crippen LogP contribution < -0.4 is 5.32 Å². The maximum absolute atomic E-state index is 12.8. The van der Waals surface area contributed by atoms with E-state index in [1.54, 1.807) is 18.2 Å². The molecule has 9 nitrogen and oxygen atoms in total. The summed E-state index contributed by atoms with van der Waals surface area (Å²) in [5.41, 5.74) is 8.79. The van der Waals surface area contributed by atoms with E-state index >= 15 is 0 Å². The van der Waals surface area contributed by atoms with Crippen molar-refractivity contribution in [2.45, 2.75) is 23.8 Å². The molecule has 3 rings (SSSR count).